The molecule has 124 valence electrons. The Bertz CT molecular complexity index is 763. The Labute approximate surface area is 140 Å². The molecule has 0 heterocycles. The van der Waals surface area contributed by atoms with Gasteiger partial charge in [-0.05, 0) is 49.2 Å². The summed E-state index contributed by atoms with van der Waals surface area (Å²) in [5.41, 5.74) is 3.59. The Morgan fingerprint density at radius 2 is 1.83 bits per heavy atom. The first-order valence-electron chi connectivity index (χ1n) is 7.43. The second kappa shape index (κ2) is 7.97. The number of aliphatic carboxylic acids is 1. The first-order chi connectivity index (χ1) is 11.4. The zero-order chi connectivity index (χ0) is 17.5. The van der Waals surface area contributed by atoms with Crippen molar-refractivity contribution in [1.82, 2.24) is 0 Å². The molecule has 0 aromatic heterocycles. The minimum absolute atomic E-state index is 0.110. The normalized spacial score (nSPS) is 10.6. The number of hydrogen-bond donors (Lipinski definition) is 1. The van der Waals surface area contributed by atoms with Gasteiger partial charge in [-0.1, -0.05) is 35.9 Å². The molecule has 0 aliphatic rings. The van der Waals surface area contributed by atoms with Crippen molar-refractivity contribution < 1.29 is 19.4 Å². The molecule has 0 unspecified atom stereocenters. The van der Waals surface area contributed by atoms with Crippen LogP contribution in [0.3, 0.4) is 0 Å². The molecular weight excluding hydrogens is 306 g/mol. The molecule has 5 nitrogen and oxygen atoms in total. The maximum absolute atomic E-state index is 11.9. The van der Waals surface area contributed by atoms with Crippen LogP contribution in [-0.4, -0.2) is 18.5 Å². The molecular formula is C19H18NO4-. The van der Waals surface area contributed by atoms with Crippen molar-refractivity contribution in [3.8, 4) is 5.75 Å². The predicted molar refractivity (Wildman–Crippen MR) is 90.5 cm³/mol. The lowest BCUT2D eigenvalue weighted by atomic mass is 10.1. The van der Waals surface area contributed by atoms with E-state index >= 15 is 0 Å². The fraction of sp³-hybridized carbons (Fsp3) is 0.158. The van der Waals surface area contributed by atoms with Crippen molar-refractivity contribution in [2.75, 3.05) is 11.9 Å². The highest BCUT2D eigenvalue weighted by Gasteiger charge is 2.06. The molecule has 0 atom stereocenters. The van der Waals surface area contributed by atoms with Crippen LogP contribution >= 0.6 is 0 Å². The monoisotopic (exact) mass is 324 g/mol. The van der Waals surface area contributed by atoms with Crippen LogP contribution < -0.4 is 15.2 Å². The SMILES string of the molecule is Cc1ccc(NC(=O)COc2ccc(/C=C/C(=O)[O-])cc2)c(C)c1. The molecule has 2 aromatic rings. The highest BCUT2D eigenvalue weighted by atomic mass is 16.5. The quantitative estimate of drug-likeness (QED) is 0.825. The maximum atomic E-state index is 11.9. The van der Waals surface area contributed by atoms with Gasteiger partial charge in [-0.2, -0.15) is 0 Å². The standard InChI is InChI=1S/C19H19NO4/c1-13-3-9-17(14(2)11-13)20-18(21)12-24-16-7-4-15(5-8-16)6-10-19(22)23/h3-11H,12H2,1-2H3,(H,20,21)(H,22,23)/p-1/b10-6+. The second-order valence-electron chi connectivity index (χ2n) is 5.38. The Morgan fingerprint density at radius 1 is 1.12 bits per heavy atom. The third-order valence-corrected chi connectivity index (χ3v) is 3.32. The molecule has 1 N–H and O–H groups in total. The van der Waals surface area contributed by atoms with Crippen molar-refractivity contribution in [3.05, 3.63) is 65.2 Å². The fourth-order valence-electron chi connectivity index (χ4n) is 2.13. The van der Waals surface area contributed by atoms with Crippen molar-refractivity contribution in [2.45, 2.75) is 13.8 Å². The molecule has 24 heavy (non-hydrogen) atoms. The predicted octanol–water partition coefficient (Wildman–Crippen LogP) is 2.08. The van der Waals surface area contributed by atoms with E-state index in [1.807, 2.05) is 32.0 Å². The van der Waals surface area contributed by atoms with Crippen LogP contribution in [0.4, 0.5) is 5.69 Å². The average molecular weight is 324 g/mol. The molecule has 0 saturated carbocycles. The smallest absolute Gasteiger partial charge is 0.262 e. The van der Waals surface area contributed by atoms with E-state index in [2.05, 4.69) is 5.32 Å². The van der Waals surface area contributed by atoms with Gasteiger partial charge in [0, 0.05) is 5.69 Å². The van der Waals surface area contributed by atoms with E-state index in [0.29, 0.717) is 11.3 Å². The number of amides is 1. The minimum Gasteiger partial charge on any atom is -0.545 e. The van der Waals surface area contributed by atoms with E-state index < -0.39 is 5.97 Å². The molecule has 0 radical (unpaired) electrons. The molecule has 1 amide bonds. The third-order valence-electron chi connectivity index (χ3n) is 3.32. The zero-order valence-corrected chi connectivity index (χ0v) is 13.5. The van der Waals surface area contributed by atoms with Gasteiger partial charge >= 0.3 is 0 Å². The number of carboxylic acid groups (broad SMARTS) is 1. The summed E-state index contributed by atoms with van der Waals surface area (Å²) in [6.07, 6.45) is 2.37. The van der Waals surface area contributed by atoms with Crippen LogP contribution in [0.2, 0.25) is 0 Å². The van der Waals surface area contributed by atoms with E-state index in [0.717, 1.165) is 22.9 Å². The maximum Gasteiger partial charge on any atom is 0.262 e. The van der Waals surface area contributed by atoms with E-state index in [-0.39, 0.29) is 12.5 Å². The van der Waals surface area contributed by atoms with Gasteiger partial charge in [-0.15, -0.1) is 0 Å². The lowest BCUT2D eigenvalue weighted by molar-refractivity contribution is -0.297. The van der Waals surface area contributed by atoms with Gasteiger partial charge < -0.3 is 20.0 Å². The Morgan fingerprint density at radius 3 is 2.46 bits per heavy atom. The van der Waals surface area contributed by atoms with Crippen molar-refractivity contribution >= 4 is 23.6 Å². The van der Waals surface area contributed by atoms with Crippen LogP contribution in [0.15, 0.2) is 48.5 Å². The van der Waals surface area contributed by atoms with Crippen LogP contribution in [0.5, 0.6) is 5.75 Å². The zero-order valence-electron chi connectivity index (χ0n) is 13.5. The van der Waals surface area contributed by atoms with Gasteiger partial charge in [0.05, 0.1) is 5.97 Å². The van der Waals surface area contributed by atoms with E-state index in [9.17, 15) is 14.7 Å². The van der Waals surface area contributed by atoms with Crippen molar-refractivity contribution in [1.29, 1.82) is 0 Å². The molecule has 0 bridgehead atoms. The second-order valence-corrected chi connectivity index (χ2v) is 5.38. The number of anilines is 1. The number of benzene rings is 2. The molecule has 0 saturated heterocycles. The first kappa shape index (κ1) is 17.3. The fourth-order valence-corrected chi connectivity index (χ4v) is 2.13. The van der Waals surface area contributed by atoms with E-state index in [4.69, 9.17) is 4.74 Å². The van der Waals surface area contributed by atoms with E-state index in [1.165, 1.54) is 6.08 Å². The first-order valence-corrected chi connectivity index (χ1v) is 7.43. The molecule has 0 spiro atoms. The van der Waals surface area contributed by atoms with Gasteiger partial charge in [-0.25, -0.2) is 0 Å². The van der Waals surface area contributed by atoms with Gasteiger partial charge in [-0.3, -0.25) is 4.79 Å². The number of carbonyl (C=O) groups excluding carboxylic acids is 2. The summed E-state index contributed by atoms with van der Waals surface area (Å²) in [4.78, 5) is 22.3. The topological polar surface area (TPSA) is 78.5 Å². The van der Waals surface area contributed by atoms with Crippen LogP contribution in [0.1, 0.15) is 16.7 Å². The number of rotatable bonds is 6. The highest BCUT2D eigenvalue weighted by Crippen LogP contribution is 2.16. The number of nitrogens with one attached hydrogen (secondary N) is 1. The van der Waals surface area contributed by atoms with Crippen molar-refractivity contribution in [3.63, 3.8) is 0 Å². The van der Waals surface area contributed by atoms with Crippen molar-refractivity contribution in [2.24, 2.45) is 0 Å². The summed E-state index contributed by atoms with van der Waals surface area (Å²) >= 11 is 0. The van der Waals surface area contributed by atoms with Crippen LogP contribution in [-0.2, 0) is 9.59 Å². The van der Waals surface area contributed by atoms with Gasteiger partial charge in [0.25, 0.3) is 5.91 Å². The lowest BCUT2D eigenvalue weighted by Gasteiger charge is -2.10. The van der Waals surface area contributed by atoms with E-state index in [1.54, 1.807) is 24.3 Å². The molecule has 0 aliphatic heterocycles. The lowest BCUT2D eigenvalue weighted by Crippen LogP contribution is -2.20. The molecule has 0 fully saturated rings. The molecule has 2 rings (SSSR count). The van der Waals surface area contributed by atoms with Gasteiger partial charge in [0.1, 0.15) is 5.75 Å². The summed E-state index contributed by atoms with van der Waals surface area (Å²) in [7, 11) is 0. The van der Waals surface area contributed by atoms with Gasteiger partial charge in [0.15, 0.2) is 6.61 Å². The Hall–Kier alpha value is -3.08. The summed E-state index contributed by atoms with van der Waals surface area (Å²) in [6.45, 7) is 3.82. The number of carboxylic acids is 1. The Balaban J connectivity index is 1.88. The number of aryl methyl sites for hydroxylation is 2. The van der Waals surface area contributed by atoms with Crippen LogP contribution in [0, 0.1) is 13.8 Å². The minimum atomic E-state index is -1.25. The van der Waals surface area contributed by atoms with Crippen LogP contribution in [0.25, 0.3) is 6.08 Å². The largest absolute Gasteiger partial charge is 0.545 e. The molecule has 5 heteroatoms. The average Bonchev–Trinajstić information content (AvgIpc) is 2.54. The Kier molecular flexibility index (Phi) is 5.73. The number of hydrogen-bond acceptors (Lipinski definition) is 4. The molecule has 0 aliphatic carbocycles. The summed E-state index contributed by atoms with van der Waals surface area (Å²) < 4.78 is 5.42. The van der Waals surface area contributed by atoms with Gasteiger partial charge in [0.2, 0.25) is 0 Å². The number of ether oxygens (including phenoxy) is 1. The third kappa shape index (κ3) is 5.28. The number of carbonyl (C=O) groups is 2. The highest BCUT2D eigenvalue weighted by molar-refractivity contribution is 5.92. The summed E-state index contributed by atoms with van der Waals surface area (Å²) in [5.74, 6) is -0.974. The molecule has 2 aromatic carbocycles. The summed E-state index contributed by atoms with van der Waals surface area (Å²) in [5, 5.41) is 13.1. The summed E-state index contributed by atoms with van der Waals surface area (Å²) in [6, 6.07) is 12.5.